The Hall–Kier alpha value is -5.29. The zero-order valence-corrected chi connectivity index (χ0v) is 24.3. The van der Waals surface area contributed by atoms with Crippen LogP contribution in [0.1, 0.15) is 33.5 Å². The van der Waals surface area contributed by atoms with Crippen molar-refractivity contribution in [2.45, 2.75) is 13.3 Å². The number of hydrogen-bond acceptors (Lipinski definition) is 8. The molecular weight excluding hydrogens is 562 g/mol. The number of esters is 1. The number of methoxy groups -OCH3 is 1. The highest BCUT2D eigenvalue weighted by molar-refractivity contribution is 6.16. The lowest BCUT2D eigenvalue weighted by atomic mass is 10.0. The van der Waals surface area contributed by atoms with Gasteiger partial charge < -0.3 is 24.0 Å². The lowest BCUT2D eigenvalue weighted by molar-refractivity contribution is -0.125. The molecule has 11 heteroatoms. The quantitative estimate of drug-likeness (QED) is 0.212. The van der Waals surface area contributed by atoms with Gasteiger partial charge in [0.1, 0.15) is 18.1 Å². The molecule has 2 aromatic heterocycles. The highest BCUT2D eigenvalue weighted by Gasteiger charge is 2.37. The SMILES string of the molecule is CCOC(=O)c1nn(-c2ccc(OC)cc2)c2c1CCN(c1ccc(N3CCOCC3=O)c3cc4ccccc4nc13)C2=O. The largest absolute Gasteiger partial charge is 0.497 e. The van der Waals surface area contributed by atoms with E-state index in [9.17, 15) is 14.4 Å². The maximum Gasteiger partial charge on any atom is 0.359 e. The maximum atomic E-state index is 14.5. The molecule has 1 fully saturated rings. The molecule has 2 aliphatic rings. The number of para-hydroxylation sites is 1. The normalized spacial score (nSPS) is 15.1. The fraction of sp³-hybridized carbons (Fsp3) is 0.242. The van der Waals surface area contributed by atoms with Crippen LogP contribution in [0.15, 0.2) is 66.7 Å². The van der Waals surface area contributed by atoms with Crippen LogP contribution >= 0.6 is 0 Å². The van der Waals surface area contributed by atoms with E-state index >= 15 is 0 Å². The molecule has 44 heavy (non-hydrogen) atoms. The first kappa shape index (κ1) is 27.5. The number of ether oxygens (including phenoxy) is 3. The Morgan fingerprint density at radius 1 is 0.977 bits per heavy atom. The Kier molecular flexibility index (Phi) is 6.94. The second-order valence-corrected chi connectivity index (χ2v) is 10.5. The van der Waals surface area contributed by atoms with Crippen LogP contribution in [-0.4, -0.2) is 72.6 Å². The zero-order chi connectivity index (χ0) is 30.4. The number of anilines is 2. The van der Waals surface area contributed by atoms with Crippen molar-refractivity contribution in [2.75, 3.05) is 49.8 Å². The fourth-order valence-corrected chi connectivity index (χ4v) is 5.92. The van der Waals surface area contributed by atoms with Crippen LogP contribution in [0.4, 0.5) is 11.4 Å². The Morgan fingerprint density at radius 3 is 2.55 bits per heavy atom. The van der Waals surface area contributed by atoms with Gasteiger partial charge in [0.15, 0.2) is 5.69 Å². The van der Waals surface area contributed by atoms with Gasteiger partial charge in [-0.05, 0) is 61.9 Å². The highest BCUT2D eigenvalue weighted by atomic mass is 16.5. The van der Waals surface area contributed by atoms with Crippen molar-refractivity contribution in [2.24, 2.45) is 0 Å². The van der Waals surface area contributed by atoms with Gasteiger partial charge in [0.25, 0.3) is 11.8 Å². The fourth-order valence-electron chi connectivity index (χ4n) is 5.92. The molecule has 0 bridgehead atoms. The summed E-state index contributed by atoms with van der Waals surface area (Å²) in [5.41, 5.74) is 4.23. The Labute approximate surface area is 252 Å². The molecule has 3 aromatic carbocycles. The molecule has 0 atom stereocenters. The Balaban J connectivity index is 1.39. The molecule has 222 valence electrons. The van der Waals surface area contributed by atoms with Gasteiger partial charge in [-0.15, -0.1) is 0 Å². The van der Waals surface area contributed by atoms with Crippen LogP contribution in [0.2, 0.25) is 0 Å². The van der Waals surface area contributed by atoms with E-state index in [2.05, 4.69) is 5.10 Å². The first-order valence-electron chi connectivity index (χ1n) is 14.4. The molecule has 0 spiro atoms. The summed E-state index contributed by atoms with van der Waals surface area (Å²) in [5.74, 6) is -0.379. The number of fused-ring (bicyclic) bond motifs is 3. The van der Waals surface area contributed by atoms with Gasteiger partial charge in [-0.25, -0.2) is 14.5 Å². The predicted molar refractivity (Wildman–Crippen MR) is 164 cm³/mol. The Bertz CT molecular complexity index is 1950. The van der Waals surface area contributed by atoms with Crippen molar-refractivity contribution in [3.8, 4) is 11.4 Å². The molecule has 0 unspecified atom stereocenters. The number of aromatic nitrogens is 3. The van der Waals surface area contributed by atoms with E-state index in [-0.39, 0.29) is 36.4 Å². The van der Waals surface area contributed by atoms with Crippen LogP contribution in [0.5, 0.6) is 5.75 Å². The van der Waals surface area contributed by atoms with E-state index in [1.54, 1.807) is 48.1 Å². The van der Waals surface area contributed by atoms with E-state index in [1.807, 2.05) is 42.5 Å². The van der Waals surface area contributed by atoms with Crippen LogP contribution in [0.25, 0.3) is 27.5 Å². The molecule has 0 radical (unpaired) electrons. The second-order valence-electron chi connectivity index (χ2n) is 10.5. The van der Waals surface area contributed by atoms with Crippen LogP contribution in [0.3, 0.4) is 0 Å². The van der Waals surface area contributed by atoms with E-state index in [1.165, 1.54) is 4.68 Å². The summed E-state index contributed by atoms with van der Waals surface area (Å²) >= 11 is 0. The average molecular weight is 592 g/mol. The molecular formula is C33H29N5O6. The zero-order valence-electron chi connectivity index (χ0n) is 24.3. The number of hydrogen-bond donors (Lipinski definition) is 0. The van der Waals surface area contributed by atoms with E-state index in [0.717, 1.165) is 16.3 Å². The van der Waals surface area contributed by atoms with Crippen LogP contribution in [-0.2, 0) is 20.7 Å². The topological polar surface area (TPSA) is 116 Å². The first-order chi connectivity index (χ1) is 21.5. The van der Waals surface area contributed by atoms with Crippen molar-refractivity contribution >= 4 is 51.0 Å². The molecule has 0 aliphatic carbocycles. The summed E-state index contributed by atoms with van der Waals surface area (Å²) < 4.78 is 17.5. The molecule has 2 amide bonds. The number of pyridine rings is 1. The van der Waals surface area contributed by atoms with Gasteiger partial charge in [-0.2, -0.15) is 5.10 Å². The van der Waals surface area contributed by atoms with Crippen molar-refractivity contribution in [3.63, 3.8) is 0 Å². The van der Waals surface area contributed by atoms with Gasteiger partial charge in [0.05, 0.1) is 48.4 Å². The Morgan fingerprint density at radius 2 is 1.77 bits per heavy atom. The van der Waals surface area contributed by atoms with Crippen molar-refractivity contribution in [1.82, 2.24) is 14.8 Å². The van der Waals surface area contributed by atoms with E-state index < -0.39 is 5.97 Å². The van der Waals surface area contributed by atoms with Crippen molar-refractivity contribution in [1.29, 1.82) is 0 Å². The van der Waals surface area contributed by atoms with Crippen molar-refractivity contribution < 1.29 is 28.6 Å². The molecule has 11 nitrogen and oxygen atoms in total. The smallest absolute Gasteiger partial charge is 0.359 e. The first-order valence-corrected chi connectivity index (χ1v) is 14.4. The molecule has 0 N–H and O–H groups in total. The lowest BCUT2D eigenvalue weighted by Crippen LogP contribution is -2.42. The third-order valence-corrected chi connectivity index (χ3v) is 8.01. The van der Waals surface area contributed by atoms with Crippen molar-refractivity contribution in [3.05, 3.63) is 83.7 Å². The summed E-state index contributed by atoms with van der Waals surface area (Å²) in [6.45, 7) is 3.08. The molecule has 1 saturated heterocycles. The van der Waals surface area contributed by atoms with Gasteiger partial charge in [0.2, 0.25) is 0 Å². The number of rotatable bonds is 6. The number of carbonyl (C=O) groups excluding carboxylic acids is 3. The number of amides is 2. The summed E-state index contributed by atoms with van der Waals surface area (Å²) in [5, 5.41) is 6.26. The third kappa shape index (κ3) is 4.53. The lowest BCUT2D eigenvalue weighted by Gasteiger charge is -2.31. The minimum absolute atomic E-state index is 0.00971. The predicted octanol–water partition coefficient (Wildman–Crippen LogP) is 4.33. The number of benzene rings is 3. The molecule has 7 rings (SSSR count). The van der Waals surface area contributed by atoms with Gasteiger partial charge in [0, 0.05) is 29.4 Å². The maximum absolute atomic E-state index is 14.5. The van der Waals surface area contributed by atoms with Crippen LogP contribution < -0.4 is 14.5 Å². The van der Waals surface area contributed by atoms with Gasteiger partial charge in [-0.3, -0.25) is 9.59 Å². The number of nitrogens with zero attached hydrogens (tertiary/aromatic N) is 5. The minimum atomic E-state index is -0.574. The molecule has 2 aliphatic heterocycles. The van der Waals surface area contributed by atoms with E-state index in [4.69, 9.17) is 19.2 Å². The standard InChI is InChI=1S/C33H29N5O6/c1-3-44-33(41)30-23-14-15-37(32(40)31(23)38(35-30)21-8-10-22(42-2)11-9-21)27-13-12-26(36-16-17-43-19-28(36)39)24-18-20-6-4-5-7-25(20)34-29(24)27/h4-13,18H,3,14-17,19H2,1-2H3. The number of morpholine rings is 1. The summed E-state index contributed by atoms with van der Waals surface area (Å²) in [4.78, 5) is 48.6. The minimum Gasteiger partial charge on any atom is -0.497 e. The number of carbonyl (C=O) groups is 3. The van der Waals surface area contributed by atoms with E-state index in [0.29, 0.717) is 60.0 Å². The highest BCUT2D eigenvalue weighted by Crippen LogP contribution is 2.38. The average Bonchev–Trinajstić information content (AvgIpc) is 3.45. The van der Waals surface area contributed by atoms with Gasteiger partial charge >= 0.3 is 5.97 Å². The third-order valence-electron chi connectivity index (χ3n) is 8.01. The molecule has 5 aromatic rings. The van der Waals surface area contributed by atoms with Gasteiger partial charge in [-0.1, -0.05) is 18.2 Å². The molecule has 4 heterocycles. The molecule has 0 saturated carbocycles. The summed E-state index contributed by atoms with van der Waals surface area (Å²) in [7, 11) is 1.58. The van der Waals surface area contributed by atoms with Crippen LogP contribution in [0, 0.1) is 0 Å². The summed E-state index contributed by atoms with van der Waals surface area (Å²) in [6, 6.07) is 20.6. The monoisotopic (exact) mass is 591 g/mol. The second kappa shape index (κ2) is 11.1. The summed E-state index contributed by atoms with van der Waals surface area (Å²) in [6.07, 6.45) is 0.379.